The minimum atomic E-state index is -0.00124. The smallest absolute Gasteiger partial charge is 0.253 e. The number of carbonyl (C=O) groups excluding carboxylic acids is 1. The molecule has 3 rings (SSSR count). The average Bonchev–Trinajstić information content (AvgIpc) is 2.78. The van der Waals surface area contributed by atoms with E-state index in [2.05, 4.69) is 27.8 Å². The molecule has 1 heterocycles. The third-order valence-corrected chi connectivity index (χ3v) is 4.98. The van der Waals surface area contributed by atoms with Crippen LogP contribution in [0.2, 0.25) is 0 Å². The lowest BCUT2D eigenvalue weighted by molar-refractivity contribution is 0.0827. The molecule has 0 spiro atoms. The third kappa shape index (κ3) is 6.32. The summed E-state index contributed by atoms with van der Waals surface area (Å²) in [6.07, 6.45) is 0. The maximum absolute atomic E-state index is 12.0. The van der Waals surface area contributed by atoms with Crippen molar-refractivity contribution in [3.63, 3.8) is 0 Å². The van der Waals surface area contributed by atoms with Crippen LogP contribution < -0.4 is 15.5 Å². The number of benzene rings is 2. The fourth-order valence-corrected chi connectivity index (χ4v) is 3.22. The summed E-state index contributed by atoms with van der Waals surface area (Å²) < 4.78 is 0. The van der Waals surface area contributed by atoms with Crippen molar-refractivity contribution in [1.29, 1.82) is 0 Å². The van der Waals surface area contributed by atoms with E-state index < -0.39 is 0 Å². The van der Waals surface area contributed by atoms with Crippen molar-refractivity contribution >= 4 is 52.6 Å². The minimum absolute atomic E-state index is 0. The number of pyridine rings is 1. The van der Waals surface area contributed by atoms with Crippen LogP contribution in [0.5, 0.6) is 0 Å². The van der Waals surface area contributed by atoms with Crippen molar-refractivity contribution < 1.29 is 4.79 Å². The van der Waals surface area contributed by atoms with Crippen LogP contribution in [0, 0.1) is 0 Å². The van der Waals surface area contributed by atoms with Gasteiger partial charge in [-0.3, -0.25) is 9.79 Å². The summed E-state index contributed by atoms with van der Waals surface area (Å²) in [6.45, 7) is 1.23. The van der Waals surface area contributed by atoms with Crippen molar-refractivity contribution in [2.45, 2.75) is 13.1 Å². The highest BCUT2D eigenvalue weighted by atomic mass is 127. The monoisotopic (exact) mass is 546 g/mol. The number of amides is 1. The average molecular weight is 546 g/mol. The van der Waals surface area contributed by atoms with Crippen molar-refractivity contribution in [1.82, 2.24) is 20.5 Å². The van der Waals surface area contributed by atoms with Crippen molar-refractivity contribution in [2.24, 2.45) is 4.99 Å². The number of aromatic nitrogens is 1. The van der Waals surface area contributed by atoms with E-state index in [-0.39, 0.29) is 29.9 Å². The fraction of sp³-hybridized carbons (Fsp3) is 0.292. The van der Waals surface area contributed by atoms with Gasteiger partial charge in [0.2, 0.25) is 0 Å². The zero-order valence-electron chi connectivity index (χ0n) is 19.2. The second kappa shape index (κ2) is 11.7. The topological polar surface area (TPSA) is 72.9 Å². The molecular weight excluding hydrogens is 515 g/mol. The lowest BCUT2D eigenvalue weighted by atomic mass is 10.1. The number of carbonyl (C=O) groups is 1. The molecule has 3 aromatic rings. The molecule has 2 N–H and O–H groups in total. The molecule has 0 bridgehead atoms. The number of anilines is 1. The van der Waals surface area contributed by atoms with Crippen LogP contribution in [-0.4, -0.2) is 57.0 Å². The second-order valence-corrected chi connectivity index (χ2v) is 7.73. The fourth-order valence-electron chi connectivity index (χ4n) is 3.22. The number of rotatable bonds is 6. The van der Waals surface area contributed by atoms with Crippen molar-refractivity contribution in [3.8, 4) is 0 Å². The molecule has 0 saturated heterocycles. The zero-order valence-corrected chi connectivity index (χ0v) is 21.5. The number of guanidine groups is 1. The predicted octanol–water partition coefficient (Wildman–Crippen LogP) is 3.49. The van der Waals surface area contributed by atoms with E-state index in [9.17, 15) is 4.79 Å². The zero-order chi connectivity index (χ0) is 22.4. The largest absolute Gasteiger partial charge is 0.363 e. The molecule has 1 aromatic heterocycles. The first-order valence-electron chi connectivity index (χ1n) is 10.2. The van der Waals surface area contributed by atoms with Gasteiger partial charge in [-0.25, -0.2) is 4.98 Å². The lowest BCUT2D eigenvalue weighted by Crippen LogP contribution is -2.36. The Balaban J connectivity index is 0.00000363. The van der Waals surface area contributed by atoms with Gasteiger partial charge in [0.15, 0.2) is 5.96 Å². The first kappa shape index (κ1) is 25.4. The molecule has 1 amide bonds. The summed E-state index contributed by atoms with van der Waals surface area (Å²) in [5, 5.41) is 7.84. The molecule has 0 saturated carbocycles. The number of para-hydroxylation sites is 1. The van der Waals surface area contributed by atoms with E-state index in [1.54, 1.807) is 26.0 Å². The maximum Gasteiger partial charge on any atom is 0.253 e. The Morgan fingerprint density at radius 3 is 2.25 bits per heavy atom. The van der Waals surface area contributed by atoms with Gasteiger partial charge in [0.25, 0.3) is 5.91 Å². The van der Waals surface area contributed by atoms with Gasteiger partial charge in [0.1, 0.15) is 5.82 Å². The van der Waals surface area contributed by atoms with Gasteiger partial charge in [0.05, 0.1) is 5.52 Å². The number of nitrogens with one attached hydrogen (secondary N) is 2. The van der Waals surface area contributed by atoms with Gasteiger partial charge in [0, 0.05) is 59.3 Å². The molecular formula is C24H31IN6O. The van der Waals surface area contributed by atoms with Gasteiger partial charge < -0.3 is 20.4 Å². The highest BCUT2D eigenvalue weighted by Gasteiger charge is 2.09. The number of aliphatic imine (C=N–C) groups is 1. The highest BCUT2D eigenvalue weighted by molar-refractivity contribution is 14.0. The van der Waals surface area contributed by atoms with Gasteiger partial charge in [-0.2, -0.15) is 0 Å². The summed E-state index contributed by atoms with van der Waals surface area (Å²) in [4.78, 5) is 24.6. The molecule has 170 valence electrons. The van der Waals surface area contributed by atoms with Crippen molar-refractivity contribution in [3.05, 3.63) is 71.3 Å². The third-order valence-electron chi connectivity index (χ3n) is 4.98. The summed E-state index contributed by atoms with van der Waals surface area (Å²) in [7, 11) is 9.24. The molecule has 7 nitrogen and oxygen atoms in total. The number of hydrogen-bond acceptors (Lipinski definition) is 4. The van der Waals surface area contributed by atoms with Gasteiger partial charge >= 0.3 is 0 Å². The Morgan fingerprint density at radius 1 is 0.969 bits per heavy atom. The number of halogens is 1. The summed E-state index contributed by atoms with van der Waals surface area (Å²) in [6, 6.07) is 17.9. The Morgan fingerprint density at radius 2 is 1.62 bits per heavy atom. The minimum Gasteiger partial charge on any atom is -0.363 e. The van der Waals surface area contributed by atoms with E-state index in [1.165, 1.54) is 0 Å². The molecule has 0 fully saturated rings. The molecule has 0 aliphatic heterocycles. The summed E-state index contributed by atoms with van der Waals surface area (Å²) >= 11 is 0. The van der Waals surface area contributed by atoms with Crippen LogP contribution in [0.1, 0.15) is 21.5 Å². The van der Waals surface area contributed by atoms with Crippen LogP contribution in [0.4, 0.5) is 5.82 Å². The Bertz CT molecular complexity index is 1080. The van der Waals surface area contributed by atoms with E-state index in [0.717, 1.165) is 27.8 Å². The van der Waals surface area contributed by atoms with E-state index in [4.69, 9.17) is 4.98 Å². The van der Waals surface area contributed by atoms with Crippen LogP contribution in [-0.2, 0) is 13.1 Å². The highest BCUT2D eigenvalue weighted by Crippen LogP contribution is 2.22. The molecule has 0 aliphatic rings. The Kier molecular flexibility index (Phi) is 9.25. The van der Waals surface area contributed by atoms with Gasteiger partial charge in [-0.15, -0.1) is 24.0 Å². The van der Waals surface area contributed by atoms with Gasteiger partial charge in [-0.05, 0) is 35.4 Å². The number of fused-ring (bicyclic) bond motifs is 1. The Hall–Kier alpha value is -2.88. The first-order valence-corrected chi connectivity index (χ1v) is 10.2. The lowest BCUT2D eigenvalue weighted by Gasteiger charge is -2.17. The molecule has 0 aliphatic carbocycles. The number of nitrogens with zero attached hydrogens (tertiary/aromatic N) is 4. The molecule has 0 radical (unpaired) electrons. The van der Waals surface area contributed by atoms with Gasteiger partial charge in [-0.1, -0.05) is 30.3 Å². The van der Waals surface area contributed by atoms with Crippen LogP contribution in [0.25, 0.3) is 10.9 Å². The summed E-state index contributed by atoms with van der Waals surface area (Å²) in [5.41, 5.74) is 3.88. The molecule has 8 heteroatoms. The van der Waals surface area contributed by atoms with E-state index in [0.29, 0.717) is 24.6 Å². The molecule has 2 aromatic carbocycles. The maximum atomic E-state index is 12.0. The van der Waals surface area contributed by atoms with Crippen LogP contribution >= 0.6 is 24.0 Å². The first-order chi connectivity index (χ1) is 14.9. The predicted molar refractivity (Wildman–Crippen MR) is 143 cm³/mol. The quantitative estimate of drug-likeness (QED) is 0.282. The second-order valence-electron chi connectivity index (χ2n) is 7.73. The molecule has 32 heavy (non-hydrogen) atoms. The Labute approximate surface area is 206 Å². The van der Waals surface area contributed by atoms with Crippen LogP contribution in [0.15, 0.2) is 59.6 Å². The SMILES string of the molecule is CN=C(NCc1ccc(C(=O)N(C)C)cc1)NCc1cc(N(C)C)nc2ccccc12.I. The van der Waals surface area contributed by atoms with E-state index >= 15 is 0 Å². The van der Waals surface area contributed by atoms with Crippen LogP contribution in [0.3, 0.4) is 0 Å². The standard InChI is InChI=1S/C24H30N6O.HI/c1-25-24(26-15-17-10-12-18(13-11-17)23(31)30(4)5)27-16-19-14-22(29(2)3)28-21-9-7-6-8-20(19)21;/h6-14H,15-16H2,1-5H3,(H2,25,26,27);1H. The molecule has 0 atom stereocenters. The molecule has 0 unspecified atom stereocenters. The van der Waals surface area contributed by atoms with Crippen molar-refractivity contribution in [2.75, 3.05) is 40.1 Å². The summed E-state index contributed by atoms with van der Waals surface area (Å²) in [5.74, 6) is 1.63. The van der Waals surface area contributed by atoms with E-state index in [1.807, 2.05) is 61.5 Å². The number of hydrogen-bond donors (Lipinski definition) is 2. The normalized spacial score (nSPS) is 11.0.